The highest BCUT2D eigenvalue weighted by Crippen LogP contribution is 2.26. The number of morpholine rings is 1. The molecular formula is C17H27N3O. The Morgan fingerprint density at radius 1 is 1.24 bits per heavy atom. The molecule has 1 heterocycles. The zero-order valence-corrected chi connectivity index (χ0v) is 13.6. The zero-order valence-electron chi connectivity index (χ0n) is 13.6. The maximum Gasteiger partial charge on any atom is 0.105 e. The Kier molecular flexibility index (Phi) is 5.01. The third-order valence-electron chi connectivity index (χ3n) is 3.90. The third-order valence-corrected chi connectivity index (χ3v) is 3.90. The van der Waals surface area contributed by atoms with Crippen LogP contribution in [0.15, 0.2) is 24.3 Å². The lowest BCUT2D eigenvalue weighted by atomic mass is 9.93. The van der Waals surface area contributed by atoms with Crippen LogP contribution in [0.2, 0.25) is 0 Å². The van der Waals surface area contributed by atoms with Crippen LogP contribution in [0.3, 0.4) is 0 Å². The Morgan fingerprint density at radius 3 is 2.48 bits per heavy atom. The first-order valence-electron chi connectivity index (χ1n) is 7.60. The number of ether oxygens (including phenoxy) is 1. The SMILES string of the molecule is CN(C(=N)C(C)(C)C)c1ccccc1CN1CCOCC1. The Labute approximate surface area is 128 Å². The average molecular weight is 289 g/mol. The maximum absolute atomic E-state index is 8.39. The van der Waals surface area contributed by atoms with Gasteiger partial charge in [0.05, 0.1) is 13.2 Å². The number of nitrogens with zero attached hydrogens (tertiary/aromatic N) is 2. The molecule has 4 heteroatoms. The molecule has 1 aromatic carbocycles. The topological polar surface area (TPSA) is 39.6 Å². The van der Waals surface area contributed by atoms with Gasteiger partial charge in [0.15, 0.2) is 0 Å². The fourth-order valence-electron chi connectivity index (χ4n) is 2.60. The van der Waals surface area contributed by atoms with Crippen LogP contribution in [0.5, 0.6) is 0 Å². The largest absolute Gasteiger partial charge is 0.379 e. The first-order valence-corrected chi connectivity index (χ1v) is 7.60. The third kappa shape index (κ3) is 4.05. The number of hydrogen-bond acceptors (Lipinski definition) is 3. The molecule has 0 saturated carbocycles. The Bertz CT molecular complexity index is 487. The predicted octanol–water partition coefficient (Wildman–Crippen LogP) is 2.98. The first kappa shape index (κ1) is 16.0. The molecule has 0 radical (unpaired) electrons. The predicted molar refractivity (Wildman–Crippen MR) is 88.1 cm³/mol. The molecule has 1 aliphatic rings. The van der Waals surface area contributed by atoms with Crippen molar-refractivity contribution in [2.24, 2.45) is 5.41 Å². The van der Waals surface area contributed by atoms with E-state index in [1.54, 1.807) is 0 Å². The Balaban J connectivity index is 2.18. The van der Waals surface area contributed by atoms with E-state index in [-0.39, 0.29) is 5.41 Å². The number of amidine groups is 1. The van der Waals surface area contributed by atoms with E-state index >= 15 is 0 Å². The molecule has 116 valence electrons. The van der Waals surface area contributed by atoms with Gasteiger partial charge in [-0.25, -0.2) is 0 Å². The highest BCUT2D eigenvalue weighted by atomic mass is 16.5. The molecule has 0 bridgehead atoms. The highest BCUT2D eigenvalue weighted by molar-refractivity contribution is 5.99. The van der Waals surface area contributed by atoms with Crippen LogP contribution in [-0.4, -0.2) is 44.1 Å². The van der Waals surface area contributed by atoms with Crippen LogP contribution in [0.25, 0.3) is 0 Å². The summed E-state index contributed by atoms with van der Waals surface area (Å²) in [7, 11) is 1.99. The molecule has 0 atom stereocenters. The van der Waals surface area contributed by atoms with Crippen molar-refractivity contribution in [1.82, 2.24) is 4.90 Å². The van der Waals surface area contributed by atoms with Crippen LogP contribution in [0, 0.1) is 10.8 Å². The van der Waals surface area contributed by atoms with Crippen LogP contribution < -0.4 is 4.90 Å². The van der Waals surface area contributed by atoms with Gasteiger partial charge in [0.25, 0.3) is 0 Å². The van der Waals surface area contributed by atoms with E-state index in [0.29, 0.717) is 5.84 Å². The lowest BCUT2D eigenvalue weighted by Gasteiger charge is -2.32. The quantitative estimate of drug-likeness (QED) is 0.687. The summed E-state index contributed by atoms with van der Waals surface area (Å²) >= 11 is 0. The number of nitrogens with one attached hydrogen (secondary N) is 1. The smallest absolute Gasteiger partial charge is 0.105 e. The van der Waals surface area contributed by atoms with Crippen molar-refractivity contribution in [3.63, 3.8) is 0 Å². The molecule has 4 nitrogen and oxygen atoms in total. The second-order valence-corrected chi connectivity index (χ2v) is 6.67. The number of rotatable bonds is 3. The summed E-state index contributed by atoms with van der Waals surface area (Å²) in [5, 5.41) is 8.39. The van der Waals surface area contributed by atoms with E-state index in [1.807, 2.05) is 18.0 Å². The molecule has 1 aliphatic heterocycles. The number of benzene rings is 1. The van der Waals surface area contributed by atoms with E-state index in [9.17, 15) is 0 Å². The Hall–Kier alpha value is -1.39. The molecule has 0 aromatic heterocycles. The number of para-hydroxylation sites is 1. The second kappa shape index (κ2) is 6.58. The van der Waals surface area contributed by atoms with Gasteiger partial charge in [-0.3, -0.25) is 10.3 Å². The summed E-state index contributed by atoms with van der Waals surface area (Å²) in [4.78, 5) is 4.42. The monoisotopic (exact) mass is 289 g/mol. The lowest BCUT2D eigenvalue weighted by molar-refractivity contribution is 0.0342. The zero-order chi connectivity index (χ0) is 15.5. The van der Waals surface area contributed by atoms with Gasteiger partial charge in [0.2, 0.25) is 0 Å². The van der Waals surface area contributed by atoms with Crippen molar-refractivity contribution >= 4 is 11.5 Å². The minimum atomic E-state index is -0.152. The van der Waals surface area contributed by atoms with E-state index in [4.69, 9.17) is 10.1 Å². The molecule has 1 saturated heterocycles. The summed E-state index contributed by atoms with van der Waals surface area (Å²) in [6.07, 6.45) is 0. The lowest BCUT2D eigenvalue weighted by Crippen LogP contribution is -2.38. The molecule has 1 aromatic rings. The molecular weight excluding hydrogens is 262 g/mol. The first-order chi connectivity index (χ1) is 9.89. The van der Waals surface area contributed by atoms with Gasteiger partial charge in [-0.2, -0.15) is 0 Å². The molecule has 0 spiro atoms. The van der Waals surface area contributed by atoms with Crippen molar-refractivity contribution in [3.05, 3.63) is 29.8 Å². The van der Waals surface area contributed by atoms with Crippen LogP contribution in [0.4, 0.5) is 5.69 Å². The molecule has 0 amide bonds. The summed E-state index contributed by atoms with van der Waals surface area (Å²) in [5.41, 5.74) is 2.25. The van der Waals surface area contributed by atoms with Crippen molar-refractivity contribution in [1.29, 1.82) is 5.41 Å². The average Bonchev–Trinajstić information content (AvgIpc) is 2.46. The Morgan fingerprint density at radius 2 is 1.86 bits per heavy atom. The minimum absolute atomic E-state index is 0.152. The normalized spacial score (nSPS) is 16.8. The van der Waals surface area contributed by atoms with Gasteiger partial charge >= 0.3 is 0 Å². The van der Waals surface area contributed by atoms with Gasteiger partial charge in [-0.05, 0) is 11.6 Å². The van der Waals surface area contributed by atoms with Crippen LogP contribution >= 0.6 is 0 Å². The van der Waals surface area contributed by atoms with Crippen LogP contribution in [0.1, 0.15) is 26.3 Å². The molecule has 2 rings (SSSR count). The van der Waals surface area contributed by atoms with E-state index in [1.165, 1.54) is 5.56 Å². The van der Waals surface area contributed by atoms with E-state index in [2.05, 4.69) is 43.9 Å². The van der Waals surface area contributed by atoms with Gasteiger partial charge < -0.3 is 9.64 Å². The van der Waals surface area contributed by atoms with Crippen molar-refractivity contribution in [2.75, 3.05) is 38.3 Å². The minimum Gasteiger partial charge on any atom is -0.379 e. The number of hydrogen-bond donors (Lipinski definition) is 1. The second-order valence-electron chi connectivity index (χ2n) is 6.67. The van der Waals surface area contributed by atoms with Crippen molar-refractivity contribution in [3.8, 4) is 0 Å². The van der Waals surface area contributed by atoms with Gasteiger partial charge in [-0.15, -0.1) is 0 Å². The van der Waals surface area contributed by atoms with Gasteiger partial charge in [-0.1, -0.05) is 39.0 Å². The van der Waals surface area contributed by atoms with Crippen LogP contribution in [-0.2, 0) is 11.3 Å². The summed E-state index contributed by atoms with van der Waals surface area (Å²) in [6.45, 7) is 10.7. The molecule has 21 heavy (non-hydrogen) atoms. The van der Waals surface area contributed by atoms with Gasteiger partial charge in [0, 0.05) is 37.8 Å². The summed E-state index contributed by atoms with van der Waals surface area (Å²) in [6, 6.07) is 8.39. The fourth-order valence-corrected chi connectivity index (χ4v) is 2.60. The maximum atomic E-state index is 8.39. The molecule has 0 aliphatic carbocycles. The number of anilines is 1. The standard InChI is InChI=1S/C17H27N3O/c1-17(2,3)16(18)19(4)15-8-6-5-7-14(15)13-20-9-11-21-12-10-20/h5-8,18H,9-13H2,1-4H3. The summed E-state index contributed by atoms with van der Waals surface area (Å²) < 4.78 is 5.41. The molecule has 1 fully saturated rings. The van der Waals surface area contributed by atoms with Crippen molar-refractivity contribution < 1.29 is 4.74 Å². The molecule has 1 N–H and O–H groups in total. The van der Waals surface area contributed by atoms with E-state index < -0.39 is 0 Å². The fraction of sp³-hybridized carbons (Fsp3) is 0.588. The van der Waals surface area contributed by atoms with E-state index in [0.717, 1.165) is 38.5 Å². The van der Waals surface area contributed by atoms with Crippen molar-refractivity contribution in [2.45, 2.75) is 27.3 Å². The molecule has 0 unspecified atom stereocenters. The summed E-state index contributed by atoms with van der Waals surface area (Å²) in [5.74, 6) is 0.636. The van der Waals surface area contributed by atoms with Gasteiger partial charge in [0.1, 0.15) is 5.84 Å². The highest BCUT2D eigenvalue weighted by Gasteiger charge is 2.23.